The fourth-order valence-corrected chi connectivity index (χ4v) is 3.75. The minimum Gasteiger partial charge on any atom is -0.481 e. The molecule has 0 saturated carbocycles. The molecule has 1 unspecified atom stereocenters. The van der Waals surface area contributed by atoms with Crippen molar-refractivity contribution in [1.82, 2.24) is 0 Å². The lowest BCUT2D eigenvalue weighted by molar-refractivity contribution is 0.256. The van der Waals surface area contributed by atoms with Crippen LogP contribution >= 0.6 is 15.9 Å². The van der Waals surface area contributed by atoms with Crippen LogP contribution in [0.3, 0.4) is 0 Å². The molecule has 3 aromatic carbocycles. The predicted octanol–water partition coefficient (Wildman–Crippen LogP) is 6.69. The van der Waals surface area contributed by atoms with Crippen molar-refractivity contribution in [3.8, 4) is 5.75 Å². The number of aryl methyl sites for hydroxylation is 3. The Bertz CT molecular complexity index is 944. The average Bonchev–Trinajstić information content (AvgIpc) is 3.04. The summed E-state index contributed by atoms with van der Waals surface area (Å²) in [6, 6.07) is 23.4. The van der Waals surface area contributed by atoms with Gasteiger partial charge in [-0.15, -0.1) is 0 Å². The summed E-state index contributed by atoms with van der Waals surface area (Å²) in [5, 5.41) is 0. The molecule has 0 N–H and O–H groups in total. The number of hydrogen-bond donors (Lipinski definition) is 0. The van der Waals surface area contributed by atoms with Gasteiger partial charge in [0.2, 0.25) is 0 Å². The van der Waals surface area contributed by atoms with Crippen molar-refractivity contribution in [2.24, 2.45) is 0 Å². The minimum atomic E-state index is -0.0188. The number of para-hydroxylation sites is 1. The molecule has 1 atom stereocenters. The molecule has 0 aliphatic heterocycles. The second-order valence-corrected chi connectivity index (χ2v) is 7.58. The average molecular weight is 405 g/mol. The summed E-state index contributed by atoms with van der Waals surface area (Å²) < 4.78 is 7.56. The van der Waals surface area contributed by atoms with Gasteiger partial charge in [-0.1, -0.05) is 76.6 Å². The van der Waals surface area contributed by atoms with Crippen molar-refractivity contribution in [1.29, 1.82) is 0 Å². The first-order valence-corrected chi connectivity index (χ1v) is 9.77. The first kappa shape index (κ1) is 17.1. The highest BCUT2D eigenvalue weighted by atomic mass is 79.9. The molecule has 0 aromatic heterocycles. The lowest BCUT2D eigenvalue weighted by Crippen LogP contribution is -2.06. The smallest absolute Gasteiger partial charge is 0.143 e. The van der Waals surface area contributed by atoms with Crippen molar-refractivity contribution in [3.05, 3.63) is 105 Å². The maximum absolute atomic E-state index is 6.41. The zero-order valence-electron chi connectivity index (χ0n) is 14.8. The van der Waals surface area contributed by atoms with Gasteiger partial charge in [-0.3, -0.25) is 0 Å². The van der Waals surface area contributed by atoms with E-state index in [2.05, 4.69) is 95.7 Å². The van der Waals surface area contributed by atoms with Crippen LogP contribution in [-0.2, 0) is 12.8 Å². The highest BCUT2D eigenvalue weighted by Crippen LogP contribution is 2.36. The monoisotopic (exact) mass is 404 g/mol. The maximum Gasteiger partial charge on any atom is 0.143 e. The Morgan fingerprint density at radius 3 is 2.54 bits per heavy atom. The molecule has 3 aromatic rings. The fraction of sp³-hybridized carbons (Fsp3) is 0.167. The zero-order chi connectivity index (χ0) is 17.9. The third-order valence-electron chi connectivity index (χ3n) is 4.87. The molecule has 26 heavy (non-hydrogen) atoms. The SMILES string of the molecule is Cc1cc2c(cc1Br)C=CC2Oc1ccccc1CCc1ccccc1. The van der Waals surface area contributed by atoms with Gasteiger partial charge in [0.05, 0.1) is 0 Å². The summed E-state index contributed by atoms with van der Waals surface area (Å²) >= 11 is 3.62. The standard InChI is InChI=1S/C24H21BrO/c1-17-15-21-20(16-22(17)25)13-14-24(21)26-23-10-6-5-9-19(23)12-11-18-7-3-2-4-8-18/h2-10,13-16,24H,11-12H2,1H3. The van der Waals surface area contributed by atoms with Crippen LogP contribution in [0.15, 0.2) is 77.3 Å². The van der Waals surface area contributed by atoms with E-state index in [0.29, 0.717) is 0 Å². The zero-order valence-corrected chi connectivity index (χ0v) is 16.4. The summed E-state index contributed by atoms with van der Waals surface area (Å²) in [5.41, 5.74) is 6.32. The van der Waals surface area contributed by atoms with Crippen LogP contribution in [0.1, 0.15) is 33.9 Å². The second-order valence-electron chi connectivity index (χ2n) is 6.72. The second kappa shape index (κ2) is 7.51. The summed E-state index contributed by atoms with van der Waals surface area (Å²) in [6.07, 6.45) is 6.27. The number of halogens is 1. The number of rotatable bonds is 5. The maximum atomic E-state index is 6.41. The molecule has 4 rings (SSSR count). The Hall–Kier alpha value is -2.32. The van der Waals surface area contributed by atoms with E-state index >= 15 is 0 Å². The van der Waals surface area contributed by atoms with Crippen LogP contribution < -0.4 is 4.74 Å². The van der Waals surface area contributed by atoms with Gasteiger partial charge in [-0.25, -0.2) is 0 Å². The molecule has 1 nitrogen and oxygen atoms in total. The highest BCUT2D eigenvalue weighted by Gasteiger charge is 2.21. The lowest BCUT2D eigenvalue weighted by Gasteiger charge is -2.18. The van der Waals surface area contributed by atoms with Crippen LogP contribution in [0.25, 0.3) is 6.08 Å². The van der Waals surface area contributed by atoms with Crippen LogP contribution in [0.5, 0.6) is 5.75 Å². The molecule has 1 aliphatic carbocycles. The summed E-state index contributed by atoms with van der Waals surface area (Å²) in [6.45, 7) is 2.12. The van der Waals surface area contributed by atoms with Crippen molar-refractivity contribution < 1.29 is 4.74 Å². The third-order valence-corrected chi connectivity index (χ3v) is 5.73. The normalized spacial score (nSPS) is 15.1. The third kappa shape index (κ3) is 3.61. The molecule has 0 heterocycles. The van der Waals surface area contributed by atoms with E-state index in [1.165, 1.54) is 27.8 Å². The van der Waals surface area contributed by atoms with Gasteiger partial charge >= 0.3 is 0 Å². The van der Waals surface area contributed by atoms with Crippen molar-refractivity contribution >= 4 is 22.0 Å². The van der Waals surface area contributed by atoms with Crippen molar-refractivity contribution in [2.45, 2.75) is 25.9 Å². The van der Waals surface area contributed by atoms with E-state index in [4.69, 9.17) is 4.74 Å². The van der Waals surface area contributed by atoms with E-state index in [9.17, 15) is 0 Å². The predicted molar refractivity (Wildman–Crippen MR) is 112 cm³/mol. The fourth-order valence-electron chi connectivity index (χ4n) is 3.39. The molecule has 1 aliphatic rings. The summed E-state index contributed by atoms with van der Waals surface area (Å²) in [4.78, 5) is 0. The minimum absolute atomic E-state index is 0.0188. The van der Waals surface area contributed by atoms with Crippen LogP contribution in [0.2, 0.25) is 0 Å². The van der Waals surface area contributed by atoms with Gasteiger partial charge in [0.15, 0.2) is 0 Å². The molecular weight excluding hydrogens is 384 g/mol. The quantitative estimate of drug-likeness (QED) is 0.460. The van der Waals surface area contributed by atoms with Gasteiger partial charge in [0, 0.05) is 10.0 Å². The molecule has 0 radical (unpaired) electrons. The first-order valence-electron chi connectivity index (χ1n) is 8.97. The van der Waals surface area contributed by atoms with E-state index in [1.807, 2.05) is 6.07 Å². The number of fused-ring (bicyclic) bond motifs is 1. The van der Waals surface area contributed by atoms with E-state index in [1.54, 1.807) is 0 Å². The largest absolute Gasteiger partial charge is 0.481 e. The number of benzene rings is 3. The Balaban J connectivity index is 1.54. The van der Waals surface area contributed by atoms with E-state index in [0.717, 1.165) is 23.1 Å². The van der Waals surface area contributed by atoms with Gasteiger partial charge in [-0.05, 0) is 60.2 Å². The van der Waals surface area contributed by atoms with Gasteiger partial charge < -0.3 is 4.74 Å². The molecule has 130 valence electrons. The van der Waals surface area contributed by atoms with Crippen LogP contribution in [0, 0.1) is 6.92 Å². The van der Waals surface area contributed by atoms with Crippen LogP contribution in [0.4, 0.5) is 0 Å². The van der Waals surface area contributed by atoms with Gasteiger partial charge in [0.25, 0.3) is 0 Å². The molecule has 0 saturated heterocycles. The first-order chi connectivity index (χ1) is 12.7. The molecule has 0 fully saturated rings. The van der Waals surface area contributed by atoms with Crippen molar-refractivity contribution in [3.63, 3.8) is 0 Å². The van der Waals surface area contributed by atoms with E-state index in [-0.39, 0.29) is 6.10 Å². The Kier molecular flexibility index (Phi) is 4.94. The lowest BCUT2D eigenvalue weighted by atomic mass is 10.0. The summed E-state index contributed by atoms with van der Waals surface area (Å²) in [7, 11) is 0. The molecule has 2 heteroatoms. The Labute approximate surface area is 163 Å². The molecule has 0 spiro atoms. The topological polar surface area (TPSA) is 9.23 Å². The summed E-state index contributed by atoms with van der Waals surface area (Å²) in [5.74, 6) is 0.978. The molecular formula is C24H21BrO. The van der Waals surface area contributed by atoms with Crippen LogP contribution in [-0.4, -0.2) is 0 Å². The van der Waals surface area contributed by atoms with Gasteiger partial charge in [0.1, 0.15) is 11.9 Å². The highest BCUT2D eigenvalue weighted by molar-refractivity contribution is 9.10. The molecule has 0 bridgehead atoms. The number of ether oxygens (including phenoxy) is 1. The Morgan fingerprint density at radius 2 is 1.69 bits per heavy atom. The van der Waals surface area contributed by atoms with Gasteiger partial charge in [-0.2, -0.15) is 0 Å². The Morgan fingerprint density at radius 1 is 0.923 bits per heavy atom. The van der Waals surface area contributed by atoms with Crippen molar-refractivity contribution in [2.75, 3.05) is 0 Å². The number of hydrogen-bond acceptors (Lipinski definition) is 1. The van der Waals surface area contributed by atoms with E-state index < -0.39 is 0 Å². The molecule has 0 amide bonds.